The molecule has 0 aliphatic heterocycles. The molecule has 0 aliphatic carbocycles. The van der Waals surface area contributed by atoms with Crippen molar-refractivity contribution in [1.82, 2.24) is 20.2 Å². The van der Waals surface area contributed by atoms with Gasteiger partial charge in [0.2, 0.25) is 0 Å². The summed E-state index contributed by atoms with van der Waals surface area (Å²) in [5, 5.41) is 8.39. The second-order valence-corrected chi connectivity index (χ2v) is 13.4. The van der Waals surface area contributed by atoms with Gasteiger partial charge in [-0.25, -0.2) is 18.7 Å². The number of azide groups is 1. The lowest BCUT2D eigenvalue weighted by atomic mass is 10.2. The molecule has 2 aromatic carbocycles. The Labute approximate surface area is 203 Å². The van der Waals surface area contributed by atoms with E-state index in [0.29, 0.717) is 14.6 Å². The van der Waals surface area contributed by atoms with Crippen molar-refractivity contribution in [1.29, 1.82) is 0 Å². The first-order valence-corrected chi connectivity index (χ1v) is 13.9. The van der Waals surface area contributed by atoms with E-state index < -0.39 is 30.8 Å². The van der Waals surface area contributed by atoms with Crippen LogP contribution in [0, 0.1) is 11.6 Å². The number of halogens is 5. The number of nitrogens with zero attached hydrogens (tertiary/aromatic N) is 6. The van der Waals surface area contributed by atoms with Crippen molar-refractivity contribution in [2.75, 3.05) is 0 Å². The molecule has 0 amide bonds. The summed E-state index contributed by atoms with van der Waals surface area (Å²) in [7, 11) is -1.45. The van der Waals surface area contributed by atoms with Gasteiger partial charge in [0.15, 0.2) is 0 Å². The summed E-state index contributed by atoms with van der Waals surface area (Å²) in [6.45, 7) is 5.98. The maximum Gasteiger partial charge on any atom is 0.365 e. The van der Waals surface area contributed by atoms with E-state index in [1.54, 1.807) is 0 Å². The number of tetrazole rings is 1. The van der Waals surface area contributed by atoms with E-state index in [1.165, 1.54) is 36.4 Å². The maximum atomic E-state index is 12.7. The lowest BCUT2D eigenvalue weighted by molar-refractivity contribution is 0.108. The molecule has 0 radical (unpaired) electrons. The van der Waals surface area contributed by atoms with E-state index in [2.05, 4.69) is 57.1 Å². The topological polar surface area (TPSA) is 129 Å². The van der Waals surface area contributed by atoms with Crippen molar-refractivity contribution >= 4 is 56.9 Å². The fraction of sp³-hybridized carbons (Fsp3) is 0.176. The molecular weight excluding hydrogens is 596 g/mol. The molecule has 0 saturated carbocycles. The van der Waals surface area contributed by atoms with Gasteiger partial charge in [-0.05, 0) is 101 Å². The van der Waals surface area contributed by atoms with E-state index in [1.807, 2.05) is 19.6 Å². The largest absolute Gasteiger partial charge is 0.365 e. The molecule has 0 spiro atoms. The van der Waals surface area contributed by atoms with Gasteiger partial charge in [0, 0.05) is 14.5 Å². The van der Waals surface area contributed by atoms with Crippen molar-refractivity contribution in [2.45, 2.75) is 19.6 Å². The van der Waals surface area contributed by atoms with E-state index in [-0.39, 0.29) is 5.56 Å². The van der Waals surface area contributed by atoms with Gasteiger partial charge in [-0.3, -0.25) is 4.79 Å². The Morgan fingerprint density at radius 2 is 1.72 bits per heavy atom. The fourth-order valence-electron chi connectivity index (χ4n) is 1.79. The average molecular weight is 612 g/mol. The summed E-state index contributed by atoms with van der Waals surface area (Å²) < 4.78 is 30.6. The Balaban J connectivity index is 0.000000256. The standard InChI is InChI=1S/C7H3BrClFO.C7H4BrFN4O.C3H9N3Si/c8-6-3-4(10)1-2-5(6)7(9)11;8-5-3-4(9)1-2-6(5)13-7(14)10-11-12-13;1-7(2,3)6-5-4/h1-3H;1-3H,(H,10,12,14);1-3H3. The first-order chi connectivity index (χ1) is 14.9. The Morgan fingerprint density at radius 1 is 1.16 bits per heavy atom. The van der Waals surface area contributed by atoms with Crippen LogP contribution in [0.5, 0.6) is 0 Å². The minimum absolute atomic E-state index is 0.271. The summed E-state index contributed by atoms with van der Waals surface area (Å²) in [6.07, 6.45) is 0. The molecule has 1 N–H and O–H groups in total. The summed E-state index contributed by atoms with van der Waals surface area (Å²) in [6, 6.07) is 7.62. The minimum atomic E-state index is -1.45. The molecule has 170 valence electrons. The number of hydrogen-bond donors (Lipinski definition) is 1. The molecule has 0 unspecified atom stereocenters. The lowest BCUT2D eigenvalue weighted by Gasteiger charge is -2.01. The van der Waals surface area contributed by atoms with Crippen LogP contribution < -0.4 is 5.69 Å². The van der Waals surface area contributed by atoms with Crippen molar-refractivity contribution in [3.05, 3.63) is 83.5 Å². The normalized spacial score (nSPS) is 10.1. The monoisotopic (exact) mass is 609 g/mol. The Morgan fingerprint density at radius 3 is 2.09 bits per heavy atom. The van der Waals surface area contributed by atoms with Crippen molar-refractivity contribution in [3.8, 4) is 5.69 Å². The van der Waals surface area contributed by atoms with Gasteiger partial charge in [-0.2, -0.15) is 4.68 Å². The third-order valence-corrected chi connectivity index (χ3v) is 5.28. The van der Waals surface area contributed by atoms with Gasteiger partial charge < -0.3 is 0 Å². The third kappa shape index (κ3) is 9.40. The highest BCUT2D eigenvalue weighted by Crippen LogP contribution is 2.20. The van der Waals surface area contributed by atoms with Gasteiger partial charge in [-0.1, -0.05) is 19.6 Å². The summed E-state index contributed by atoms with van der Waals surface area (Å²) >= 11 is 11.3. The van der Waals surface area contributed by atoms with Crippen LogP contribution in [0.1, 0.15) is 10.4 Å². The van der Waals surface area contributed by atoms with Crippen LogP contribution in [-0.4, -0.2) is 33.7 Å². The molecule has 32 heavy (non-hydrogen) atoms. The van der Waals surface area contributed by atoms with E-state index in [9.17, 15) is 18.4 Å². The quantitative estimate of drug-likeness (QED) is 0.129. The number of nitrogens with one attached hydrogen (secondary N) is 1. The molecule has 1 heterocycles. The van der Waals surface area contributed by atoms with E-state index >= 15 is 0 Å². The smallest absolute Gasteiger partial charge is 0.276 e. The van der Waals surface area contributed by atoms with E-state index in [4.69, 9.17) is 17.1 Å². The zero-order chi connectivity index (χ0) is 24.5. The average Bonchev–Trinajstić information content (AvgIpc) is 3.07. The van der Waals surface area contributed by atoms with Crippen LogP contribution in [-0.2, 0) is 0 Å². The second kappa shape index (κ2) is 12.6. The van der Waals surface area contributed by atoms with Crippen LogP contribution in [0.3, 0.4) is 0 Å². The third-order valence-electron chi connectivity index (χ3n) is 3.10. The molecular formula is C17H16Br2ClF2N7O2Si. The zero-order valence-electron chi connectivity index (χ0n) is 16.9. The zero-order valence-corrected chi connectivity index (χ0v) is 21.8. The van der Waals surface area contributed by atoms with Crippen molar-refractivity contribution in [3.63, 3.8) is 0 Å². The van der Waals surface area contributed by atoms with Gasteiger partial charge >= 0.3 is 5.69 Å². The van der Waals surface area contributed by atoms with Crippen molar-refractivity contribution in [2.24, 2.45) is 4.78 Å². The number of aromatic nitrogens is 4. The lowest BCUT2D eigenvalue weighted by Crippen LogP contribution is -2.16. The highest BCUT2D eigenvalue weighted by Gasteiger charge is 2.09. The number of carbonyl (C=O) groups excluding carboxylic acids is 1. The van der Waals surface area contributed by atoms with Gasteiger partial charge in [-0.15, -0.1) is 4.78 Å². The van der Waals surface area contributed by atoms with Crippen LogP contribution >= 0.6 is 43.5 Å². The highest BCUT2D eigenvalue weighted by molar-refractivity contribution is 9.10. The first-order valence-electron chi connectivity index (χ1n) is 8.52. The Bertz CT molecular complexity index is 1190. The number of carbonyl (C=O) groups is 1. The molecule has 1 aromatic heterocycles. The number of H-pyrrole nitrogens is 1. The Hall–Kier alpha value is -2.38. The molecule has 3 aromatic rings. The second-order valence-electron chi connectivity index (χ2n) is 6.77. The number of rotatable bonds is 3. The summed E-state index contributed by atoms with van der Waals surface area (Å²) in [5.41, 5.74) is 8.13. The molecule has 0 atom stereocenters. The molecule has 15 heteroatoms. The SMILES string of the molecule is C[Si](C)(C)N=[N+]=[N-].O=C(Cl)c1ccc(F)cc1Br.O=c1[nH]nnn1-c1ccc(F)cc1Br. The predicted molar refractivity (Wildman–Crippen MR) is 126 cm³/mol. The molecule has 0 bridgehead atoms. The Kier molecular flexibility index (Phi) is 10.9. The molecule has 0 saturated heterocycles. The van der Waals surface area contributed by atoms with Crippen LogP contribution in [0.4, 0.5) is 8.78 Å². The molecule has 0 fully saturated rings. The number of benzene rings is 2. The predicted octanol–water partition coefficient (Wildman–Crippen LogP) is 5.96. The maximum absolute atomic E-state index is 12.7. The van der Waals surface area contributed by atoms with Gasteiger partial charge in [0.25, 0.3) is 5.24 Å². The minimum Gasteiger partial charge on any atom is -0.276 e. The van der Waals surface area contributed by atoms with Crippen LogP contribution in [0.25, 0.3) is 16.1 Å². The number of aromatic amines is 1. The summed E-state index contributed by atoms with van der Waals surface area (Å²) in [4.78, 5) is 24.4. The molecule has 3 rings (SSSR count). The fourth-order valence-corrected chi connectivity index (χ4v) is 3.39. The summed E-state index contributed by atoms with van der Waals surface area (Å²) in [5.74, 6) is -0.796. The van der Waals surface area contributed by atoms with Crippen LogP contribution in [0.15, 0.2) is 54.9 Å². The number of hydrogen-bond acceptors (Lipinski definition) is 5. The van der Waals surface area contributed by atoms with Gasteiger partial charge in [0.1, 0.15) is 19.9 Å². The van der Waals surface area contributed by atoms with Crippen LogP contribution in [0.2, 0.25) is 19.6 Å². The van der Waals surface area contributed by atoms with E-state index in [0.717, 1.165) is 4.68 Å². The van der Waals surface area contributed by atoms with Crippen molar-refractivity contribution < 1.29 is 13.6 Å². The van der Waals surface area contributed by atoms with Gasteiger partial charge in [0.05, 0.1) is 5.69 Å². The first kappa shape index (κ1) is 27.7. The highest BCUT2D eigenvalue weighted by atomic mass is 79.9. The molecule has 9 nitrogen and oxygen atoms in total. The molecule has 0 aliphatic rings.